The first kappa shape index (κ1) is 12.7. The van der Waals surface area contributed by atoms with E-state index in [-0.39, 0.29) is 11.8 Å². The molecule has 0 heterocycles. The molecule has 0 aliphatic carbocycles. The summed E-state index contributed by atoms with van der Waals surface area (Å²) in [5.41, 5.74) is 0. The van der Waals surface area contributed by atoms with Gasteiger partial charge in [-0.15, -0.1) is 11.6 Å². The van der Waals surface area contributed by atoms with E-state index in [1.54, 1.807) is 0 Å². The van der Waals surface area contributed by atoms with Crippen LogP contribution in [0.1, 0.15) is 0 Å². The van der Waals surface area contributed by atoms with Crippen LogP contribution in [0.4, 0.5) is 0 Å². The van der Waals surface area contributed by atoms with E-state index in [4.69, 9.17) is 16.3 Å². The maximum Gasteiger partial charge on any atom is 0.321 e. The van der Waals surface area contributed by atoms with Crippen LogP contribution in [0.3, 0.4) is 0 Å². The average molecular weight is 512 g/mol. The maximum absolute atomic E-state index is 10.6. The van der Waals surface area contributed by atoms with Crippen LogP contribution >= 0.6 is 79.4 Å². The molecule has 0 bridgehead atoms. The first-order valence-electron chi connectivity index (χ1n) is 2.49. The Labute approximate surface area is 111 Å². The number of carbonyl (C=O) groups is 1. The summed E-state index contributed by atoms with van der Waals surface area (Å²) < 4.78 is 6.88. The summed E-state index contributed by atoms with van der Waals surface area (Å²) in [6.07, 6.45) is 0. The third-order valence-corrected chi connectivity index (χ3v) is 5.11. The molecule has 6 heteroatoms. The summed E-state index contributed by atoms with van der Waals surface area (Å²) in [5, 5.41) is 0. The predicted octanol–water partition coefficient (Wildman–Crippen LogP) is 3.24. The summed E-state index contributed by atoms with van der Waals surface area (Å²) >= 11 is 11.7. The van der Waals surface area contributed by atoms with Crippen LogP contribution < -0.4 is 0 Å². The SMILES string of the molecule is O=C(CCl)OCC(I)=C(I)I. The molecule has 0 atom stereocenters. The highest BCUT2D eigenvalue weighted by Gasteiger charge is 2.02. The maximum atomic E-state index is 10.6. The Kier molecular flexibility index (Phi) is 8.22. The van der Waals surface area contributed by atoms with Crippen molar-refractivity contribution in [2.75, 3.05) is 12.5 Å². The van der Waals surface area contributed by atoms with Crippen LogP contribution in [0.25, 0.3) is 0 Å². The fourth-order valence-electron chi connectivity index (χ4n) is 0.237. The largest absolute Gasteiger partial charge is 0.459 e. The fourth-order valence-corrected chi connectivity index (χ4v) is 0.781. The number of halogens is 4. The molecule has 0 radical (unpaired) electrons. The lowest BCUT2D eigenvalue weighted by atomic mass is 10.7. The van der Waals surface area contributed by atoms with Gasteiger partial charge in [0, 0.05) is 3.58 Å². The first-order valence-corrected chi connectivity index (χ1v) is 6.26. The van der Waals surface area contributed by atoms with Crippen molar-refractivity contribution in [3.8, 4) is 0 Å². The summed E-state index contributed by atoms with van der Waals surface area (Å²) in [6, 6.07) is 0. The van der Waals surface area contributed by atoms with Gasteiger partial charge in [-0.05, 0) is 67.8 Å². The molecule has 0 aliphatic rings. The predicted molar refractivity (Wildman–Crippen MR) is 70.8 cm³/mol. The Morgan fingerprint density at radius 2 is 1.91 bits per heavy atom. The summed E-state index contributed by atoms with van der Waals surface area (Å²) in [5.74, 6) is -0.461. The number of carbonyl (C=O) groups excluding carboxylic acids is 1. The molecule has 0 aromatic carbocycles. The van der Waals surface area contributed by atoms with Crippen molar-refractivity contribution in [1.82, 2.24) is 0 Å². The highest BCUT2D eigenvalue weighted by atomic mass is 127. The smallest absolute Gasteiger partial charge is 0.321 e. The molecule has 11 heavy (non-hydrogen) atoms. The van der Waals surface area contributed by atoms with Gasteiger partial charge in [-0.25, -0.2) is 0 Å². The van der Waals surface area contributed by atoms with Crippen LogP contribution in [0.5, 0.6) is 0 Å². The number of ether oxygens (including phenoxy) is 1. The Morgan fingerprint density at radius 3 is 2.27 bits per heavy atom. The Morgan fingerprint density at radius 1 is 1.36 bits per heavy atom. The Balaban J connectivity index is 3.72. The minimum absolute atomic E-state index is 0.0816. The number of rotatable bonds is 3. The van der Waals surface area contributed by atoms with Gasteiger partial charge in [-0.2, -0.15) is 0 Å². The van der Waals surface area contributed by atoms with Crippen LogP contribution in [-0.4, -0.2) is 18.5 Å². The zero-order chi connectivity index (χ0) is 8.85. The van der Waals surface area contributed by atoms with Crippen molar-refractivity contribution < 1.29 is 9.53 Å². The zero-order valence-corrected chi connectivity index (χ0v) is 12.5. The standard InChI is InChI=1S/C5H4ClI3O2/c6-1-4(10)11-2-3(7)5(8)9/h1-2H2. The van der Waals surface area contributed by atoms with Crippen molar-refractivity contribution in [3.05, 3.63) is 5.17 Å². The topological polar surface area (TPSA) is 26.3 Å². The van der Waals surface area contributed by atoms with Crippen molar-refractivity contribution in [2.24, 2.45) is 0 Å². The molecular weight excluding hydrogens is 508 g/mol. The van der Waals surface area contributed by atoms with Gasteiger partial charge >= 0.3 is 5.97 Å². The average Bonchev–Trinajstić information content (AvgIpc) is 1.99. The number of hydrogen-bond donors (Lipinski definition) is 0. The van der Waals surface area contributed by atoms with E-state index in [1.807, 2.05) is 0 Å². The summed E-state index contributed by atoms with van der Waals surface area (Å²) in [6.45, 7) is 0.327. The minimum Gasteiger partial charge on any atom is -0.459 e. The van der Waals surface area contributed by atoms with Crippen molar-refractivity contribution in [3.63, 3.8) is 0 Å². The molecule has 0 aromatic rings. The molecule has 64 valence electrons. The second-order valence-electron chi connectivity index (χ2n) is 1.46. The molecule has 2 nitrogen and oxygen atoms in total. The second-order valence-corrected chi connectivity index (χ2v) is 7.25. The fraction of sp³-hybridized carbons (Fsp3) is 0.400. The van der Waals surface area contributed by atoms with E-state index in [0.717, 1.165) is 5.17 Å². The van der Waals surface area contributed by atoms with Gasteiger partial charge in [0.15, 0.2) is 0 Å². The molecule has 0 saturated carbocycles. The van der Waals surface area contributed by atoms with Crippen LogP contribution in [-0.2, 0) is 9.53 Å². The lowest BCUT2D eigenvalue weighted by molar-refractivity contribution is -0.139. The Bertz CT molecular complexity index is 177. The van der Waals surface area contributed by atoms with Crippen LogP contribution in [0.2, 0.25) is 0 Å². The molecule has 0 aromatic heterocycles. The first-order chi connectivity index (χ1) is 5.07. The van der Waals surface area contributed by atoms with Crippen molar-refractivity contribution in [1.29, 1.82) is 0 Å². The molecule has 0 fully saturated rings. The van der Waals surface area contributed by atoms with Crippen molar-refractivity contribution in [2.45, 2.75) is 0 Å². The van der Waals surface area contributed by atoms with E-state index >= 15 is 0 Å². The highest BCUT2D eigenvalue weighted by Crippen LogP contribution is 2.25. The van der Waals surface area contributed by atoms with Gasteiger partial charge in [-0.3, -0.25) is 4.79 Å². The normalized spacial score (nSPS) is 9.09. The second kappa shape index (κ2) is 7.13. The van der Waals surface area contributed by atoms with E-state index in [1.165, 1.54) is 0 Å². The summed E-state index contributed by atoms with van der Waals surface area (Å²) in [7, 11) is 0. The van der Waals surface area contributed by atoms with Gasteiger partial charge in [0.05, 0.1) is 1.59 Å². The third kappa shape index (κ3) is 6.82. The van der Waals surface area contributed by atoms with Gasteiger partial charge in [-0.1, -0.05) is 0 Å². The monoisotopic (exact) mass is 512 g/mol. The van der Waals surface area contributed by atoms with Gasteiger partial charge in [0.25, 0.3) is 0 Å². The highest BCUT2D eigenvalue weighted by molar-refractivity contribution is 14.2. The number of esters is 1. The molecule has 0 unspecified atom stereocenters. The molecule has 0 spiro atoms. The molecule has 0 rings (SSSR count). The van der Waals surface area contributed by atoms with E-state index in [9.17, 15) is 4.79 Å². The minimum atomic E-state index is -0.380. The molecule has 0 amide bonds. The lowest BCUT2D eigenvalue weighted by Gasteiger charge is -2.00. The van der Waals surface area contributed by atoms with Gasteiger partial charge < -0.3 is 4.74 Å². The molecule has 0 saturated heterocycles. The Hall–Kier alpha value is 1.69. The number of alkyl halides is 1. The van der Waals surface area contributed by atoms with Crippen molar-refractivity contribution >= 4 is 85.3 Å². The number of hydrogen-bond acceptors (Lipinski definition) is 2. The quantitative estimate of drug-likeness (QED) is 0.330. The van der Waals surface area contributed by atoms with E-state index in [2.05, 4.69) is 67.8 Å². The van der Waals surface area contributed by atoms with Gasteiger partial charge in [0.1, 0.15) is 12.5 Å². The van der Waals surface area contributed by atoms with Crippen LogP contribution in [0.15, 0.2) is 5.17 Å². The molecule has 0 aliphatic heterocycles. The van der Waals surface area contributed by atoms with E-state index < -0.39 is 0 Å². The van der Waals surface area contributed by atoms with Gasteiger partial charge in [0.2, 0.25) is 0 Å². The molecule has 0 N–H and O–H groups in total. The summed E-state index contributed by atoms with van der Waals surface area (Å²) in [4.78, 5) is 10.6. The van der Waals surface area contributed by atoms with Crippen LogP contribution in [0, 0.1) is 0 Å². The third-order valence-electron chi connectivity index (χ3n) is 0.674. The lowest BCUT2D eigenvalue weighted by Crippen LogP contribution is -2.06. The molecular formula is C5H4ClI3O2. The zero-order valence-electron chi connectivity index (χ0n) is 5.24. The van der Waals surface area contributed by atoms with E-state index in [0.29, 0.717) is 6.61 Å².